The van der Waals surface area contributed by atoms with Crippen molar-refractivity contribution in [2.45, 2.75) is 6.42 Å². The van der Waals surface area contributed by atoms with Gasteiger partial charge in [0.05, 0.1) is 25.5 Å². The van der Waals surface area contributed by atoms with Crippen LogP contribution in [0.3, 0.4) is 0 Å². The summed E-state index contributed by atoms with van der Waals surface area (Å²) in [6.45, 7) is 0.418. The molecule has 0 unspecified atom stereocenters. The van der Waals surface area contributed by atoms with Crippen molar-refractivity contribution >= 4 is 39.0 Å². The first-order chi connectivity index (χ1) is 13.5. The molecule has 0 spiro atoms. The molecule has 28 heavy (non-hydrogen) atoms. The SMILES string of the molecule is COc1ccc(CCNC(=O)c2sc3nc(N)c(C#N)cc3c2N)cc1OC. The number of nitrogens with two attached hydrogens (primary N) is 2. The Morgan fingerprint density at radius 2 is 2.00 bits per heavy atom. The largest absolute Gasteiger partial charge is 0.493 e. The summed E-state index contributed by atoms with van der Waals surface area (Å²) in [5.74, 6) is 1.11. The van der Waals surface area contributed by atoms with E-state index in [9.17, 15) is 4.79 Å². The van der Waals surface area contributed by atoms with Crippen molar-refractivity contribution in [2.24, 2.45) is 0 Å². The molecular formula is C19H19N5O3S. The van der Waals surface area contributed by atoms with Crippen molar-refractivity contribution in [2.75, 3.05) is 32.2 Å². The number of aromatic nitrogens is 1. The standard InChI is InChI=1S/C19H19N5O3S/c1-26-13-4-3-10(7-14(13)27-2)5-6-23-18(25)16-15(21)12-8-11(9-20)17(22)24-19(12)28-16/h3-4,7-8H,5-6,21H2,1-2H3,(H2,22,24)(H,23,25). The van der Waals surface area contributed by atoms with Crippen LogP contribution >= 0.6 is 11.3 Å². The fourth-order valence-corrected chi connectivity index (χ4v) is 3.75. The maximum absolute atomic E-state index is 12.5. The summed E-state index contributed by atoms with van der Waals surface area (Å²) in [5, 5.41) is 12.5. The Hall–Kier alpha value is -3.51. The van der Waals surface area contributed by atoms with Gasteiger partial charge in [-0.2, -0.15) is 5.26 Å². The molecule has 0 fully saturated rings. The lowest BCUT2D eigenvalue weighted by molar-refractivity contribution is 0.0959. The van der Waals surface area contributed by atoms with Crippen LogP contribution in [0.5, 0.6) is 11.5 Å². The number of fused-ring (bicyclic) bond motifs is 1. The molecule has 0 saturated heterocycles. The molecule has 0 bridgehead atoms. The van der Waals surface area contributed by atoms with Crippen LogP contribution in [0.4, 0.5) is 11.5 Å². The number of benzene rings is 1. The van der Waals surface area contributed by atoms with Crippen LogP contribution in [-0.4, -0.2) is 31.7 Å². The lowest BCUT2D eigenvalue weighted by Gasteiger charge is -2.10. The molecule has 0 saturated carbocycles. The second-order valence-electron chi connectivity index (χ2n) is 5.93. The number of hydrogen-bond donors (Lipinski definition) is 3. The fourth-order valence-electron chi connectivity index (χ4n) is 2.75. The van der Waals surface area contributed by atoms with Gasteiger partial charge in [0.1, 0.15) is 21.6 Å². The van der Waals surface area contributed by atoms with Gasteiger partial charge in [0.25, 0.3) is 5.91 Å². The van der Waals surface area contributed by atoms with E-state index in [1.165, 1.54) is 0 Å². The molecular weight excluding hydrogens is 378 g/mol. The molecule has 0 aliphatic heterocycles. The summed E-state index contributed by atoms with van der Waals surface area (Å²) in [6, 6.07) is 9.13. The molecule has 1 amide bonds. The van der Waals surface area contributed by atoms with E-state index >= 15 is 0 Å². The van der Waals surface area contributed by atoms with Crippen LogP contribution in [0, 0.1) is 11.3 Å². The highest BCUT2D eigenvalue weighted by atomic mass is 32.1. The minimum absolute atomic E-state index is 0.122. The highest BCUT2D eigenvalue weighted by molar-refractivity contribution is 7.21. The van der Waals surface area contributed by atoms with Crippen molar-refractivity contribution < 1.29 is 14.3 Å². The van der Waals surface area contributed by atoms with E-state index in [4.69, 9.17) is 26.2 Å². The predicted octanol–water partition coefficient (Wildman–Crippen LogP) is 2.32. The van der Waals surface area contributed by atoms with Gasteiger partial charge in [-0.3, -0.25) is 4.79 Å². The second kappa shape index (κ2) is 8.02. The number of amides is 1. The van der Waals surface area contributed by atoms with Gasteiger partial charge in [0, 0.05) is 11.9 Å². The van der Waals surface area contributed by atoms with Gasteiger partial charge in [0.15, 0.2) is 11.5 Å². The fraction of sp³-hybridized carbons (Fsp3) is 0.211. The summed E-state index contributed by atoms with van der Waals surface area (Å²) in [7, 11) is 3.15. The Bertz CT molecular complexity index is 1090. The lowest BCUT2D eigenvalue weighted by Crippen LogP contribution is -2.25. The molecule has 8 nitrogen and oxygen atoms in total. The zero-order valence-electron chi connectivity index (χ0n) is 15.4. The van der Waals surface area contributed by atoms with Crippen molar-refractivity contribution in [1.82, 2.24) is 10.3 Å². The maximum atomic E-state index is 12.5. The molecule has 0 aliphatic rings. The minimum Gasteiger partial charge on any atom is -0.493 e. The normalized spacial score (nSPS) is 10.5. The van der Waals surface area contributed by atoms with Crippen LogP contribution in [-0.2, 0) is 6.42 Å². The van der Waals surface area contributed by atoms with Gasteiger partial charge < -0.3 is 26.3 Å². The molecule has 9 heteroatoms. The van der Waals surface area contributed by atoms with Gasteiger partial charge in [-0.25, -0.2) is 4.98 Å². The molecule has 5 N–H and O–H groups in total. The highest BCUT2D eigenvalue weighted by Gasteiger charge is 2.18. The van der Waals surface area contributed by atoms with Gasteiger partial charge in [0.2, 0.25) is 0 Å². The number of carbonyl (C=O) groups excluding carboxylic acids is 1. The Balaban J connectivity index is 1.72. The number of pyridine rings is 1. The summed E-state index contributed by atoms with van der Waals surface area (Å²) in [6.07, 6.45) is 0.612. The molecule has 1 aromatic carbocycles. The summed E-state index contributed by atoms with van der Waals surface area (Å²) in [4.78, 5) is 17.6. The van der Waals surface area contributed by atoms with Crippen molar-refractivity contribution in [3.05, 3.63) is 40.3 Å². The first kappa shape index (κ1) is 19.3. The maximum Gasteiger partial charge on any atom is 0.263 e. The van der Waals surface area contributed by atoms with Crippen molar-refractivity contribution in [1.29, 1.82) is 5.26 Å². The number of hydrogen-bond acceptors (Lipinski definition) is 8. The Morgan fingerprint density at radius 1 is 1.25 bits per heavy atom. The van der Waals surface area contributed by atoms with E-state index in [1.807, 2.05) is 24.3 Å². The zero-order chi connectivity index (χ0) is 20.3. The molecule has 0 radical (unpaired) electrons. The van der Waals surface area contributed by atoms with E-state index in [0.717, 1.165) is 16.9 Å². The van der Waals surface area contributed by atoms with E-state index in [2.05, 4.69) is 10.3 Å². The van der Waals surface area contributed by atoms with Crippen LogP contribution in [0.1, 0.15) is 20.8 Å². The van der Waals surface area contributed by atoms with Crippen LogP contribution in [0.2, 0.25) is 0 Å². The minimum atomic E-state index is -0.293. The van der Waals surface area contributed by atoms with Crippen molar-refractivity contribution in [3.63, 3.8) is 0 Å². The zero-order valence-corrected chi connectivity index (χ0v) is 16.2. The second-order valence-corrected chi connectivity index (χ2v) is 6.92. The van der Waals surface area contributed by atoms with Crippen molar-refractivity contribution in [3.8, 4) is 17.6 Å². The smallest absolute Gasteiger partial charge is 0.263 e. The molecule has 144 valence electrons. The molecule has 3 rings (SSSR count). The molecule has 0 aliphatic carbocycles. The van der Waals surface area contributed by atoms with Crippen LogP contribution in [0.15, 0.2) is 24.3 Å². The van der Waals surface area contributed by atoms with E-state index in [1.54, 1.807) is 20.3 Å². The number of carbonyl (C=O) groups is 1. The number of anilines is 2. The third-order valence-corrected chi connectivity index (χ3v) is 5.34. The summed E-state index contributed by atoms with van der Waals surface area (Å²) < 4.78 is 10.5. The van der Waals surface area contributed by atoms with Gasteiger partial charge in [-0.15, -0.1) is 11.3 Å². The van der Waals surface area contributed by atoms with E-state index in [-0.39, 0.29) is 17.3 Å². The molecule has 2 heterocycles. The third-order valence-electron chi connectivity index (χ3n) is 4.22. The Morgan fingerprint density at radius 3 is 2.68 bits per heavy atom. The average molecular weight is 397 g/mol. The average Bonchev–Trinajstić information content (AvgIpc) is 3.02. The number of nitrogens with zero attached hydrogens (tertiary/aromatic N) is 2. The quantitative estimate of drug-likeness (QED) is 0.580. The molecule has 0 atom stereocenters. The summed E-state index contributed by atoms with van der Waals surface area (Å²) in [5.41, 5.74) is 13.4. The number of nitrogen functional groups attached to an aromatic ring is 2. The number of methoxy groups -OCH3 is 2. The van der Waals surface area contributed by atoms with E-state index in [0.29, 0.717) is 45.2 Å². The number of nitriles is 1. The van der Waals surface area contributed by atoms with E-state index < -0.39 is 0 Å². The first-order valence-electron chi connectivity index (χ1n) is 8.36. The number of rotatable bonds is 6. The first-order valence-corrected chi connectivity index (χ1v) is 9.17. The summed E-state index contributed by atoms with van der Waals surface area (Å²) >= 11 is 1.15. The Kier molecular flexibility index (Phi) is 5.52. The van der Waals surface area contributed by atoms with Crippen LogP contribution < -0.4 is 26.3 Å². The van der Waals surface area contributed by atoms with Gasteiger partial charge >= 0.3 is 0 Å². The van der Waals surface area contributed by atoms with Gasteiger partial charge in [-0.05, 0) is 30.2 Å². The number of thiophene rings is 1. The lowest BCUT2D eigenvalue weighted by atomic mass is 10.1. The number of ether oxygens (including phenoxy) is 2. The monoisotopic (exact) mass is 397 g/mol. The highest BCUT2D eigenvalue weighted by Crippen LogP contribution is 2.34. The third kappa shape index (κ3) is 3.63. The molecule has 2 aromatic heterocycles. The Labute approximate surface area is 165 Å². The predicted molar refractivity (Wildman–Crippen MR) is 109 cm³/mol. The van der Waals surface area contributed by atoms with Gasteiger partial charge in [-0.1, -0.05) is 6.07 Å². The molecule has 3 aromatic rings. The topological polar surface area (TPSA) is 136 Å². The number of nitrogens with one attached hydrogen (secondary N) is 1. The van der Waals surface area contributed by atoms with Crippen LogP contribution in [0.25, 0.3) is 10.2 Å².